The zero-order valence-electron chi connectivity index (χ0n) is 17.0. The lowest BCUT2D eigenvalue weighted by Gasteiger charge is -2.20. The van der Waals surface area contributed by atoms with Crippen molar-refractivity contribution < 1.29 is 23.4 Å². The molecule has 7 heteroatoms. The lowest BCUT2D eigenvalue weighted by molar-refractivity contribution is -0.151. The average Bonchev–Trinajstić information content (AvgIpc) is 3.21. The summed E-state index contributed by atoms with van der Waals surface area (Å²) >= 11 is 6.14. The number of oxazole rings is 1. The first-order chi connectivity index (χ1) is 15.1. The van der Waals surface area contributed by atoms with Gasteiger partial charge in [0.1, 0.15) is 17.0 Å². The largest absolute Gasteiger partial charge is 0.497 e. The van der Waals surface area contributed by atoms with E-state index in [1.54, 1.807) is 56.5 Å². The molecule has 4 rings (SSSR count). The summed E-state index contributed by atoms with van der Waals surface area (Å²) in [5.41, 5.74) is 2.48. The van der Waals surface area contributed by atoms with E-state index in [-0.39, 0.29) is 6.61 Å². The lowest BCUT2D eigenvalue weighted by atomic mass is 10.1. The number of methoxy groups -OCH3 is 1. The van der Waals surface area contributed by atoms with Gasteiger partial charge in [0, 0.05) is 10.6 Å². The van der Waals surface area contributed by atoms with Crippen molar-refractivity contribution >= 4 is 28.7 Å². The van der Waals surface area contributed by atoms with Crippen LogP contribution in [0.25, 0.3) is 22.6 Å². The van der Waals surface area contributed by atoms with E-state index in [0.29, 0.717) is 44.6 Å². The number of rotatable bonds is 7. The molecule has 0 aliphatic rings. The second-order valence-corrected chi connectivity index (χ2v) is 7.09. The number of aromatic nitrogens is 1. The maximum Gasteiger partial charge on any atom is 0.352 e. The highest BCUT2D eigenvalue weighted by atomic mass is 35.5. The van der Waals surface area contributed by atoms with E-state index < -0.39 is 12.1 Å². The van der Waals surface area contributed by atoms with Crippen molar-refractivity contribution in [1.29, 1.82) is 0 Å². The van der Waals surface area contributed by atoms with Crippen molar-refractivity contribution in [3.05, 3.63) is 77.3 Å². The summed E-state index contributed by atoms with van der Waals surface area (Å²) in [4.78, 5) is 17.3. The maximum atomic E-state index is 12.7. The second kappa shape index (κ2) is 9.10. The Balaban J connectivity index is 1.79. The normalized spacial score (nSPS) is 11.8. The quantitative estimate of drug-likeness (QED) is 0.338. The van der Waals surface area contributed by atoms with Crippen LogP contribution >= 0.6 is 11.6 Å². The Labute approximate surface area is 184 Å². The monoisotopic (exact) mass is 437 g/mol. The first-order valence-electron chi connectivity index (χ1n) is 9.71. The molecule has 0 amide bonds. The third kappa shape index (κ3) is 4.49. The van der Waals surface area contributed by atoms with Crippen molar-refractivity contribution in [2.24, 2.45) is 0 Å². The molecule has 1 aromatic heterocycles. The number of nitrogens with zero attached hydrogens (tertiary/aromatic N) is 1. The van der Waals surface area contributed by atoms with Gasteiger partial charge in [0.2, 0.25) is 12.0 Å². The van der Waals surface area contributed by atoms with Gasteiger partial charge >= 0.3 is 5.97 Å². The number of halogens is 1. The first kappa shape index (κ1) is 20.8. The van der Waals surface area contributed by atoms with Gasteiger partial charge in [0.05, 0.1) is 19.3 Å². The molecule has 3 aromatic carbocycles. The van der Waals surface area contributed by atoms with Crippen LogP contribution in [0.4, 0.5) is 0 Å². The summed E-state index contributed by atoms with van der Waals surface area (Å²) in [5, 5.41) is 0.490. The molecule has 158 valence electrons. The Kier molecular flexibility index (Phi) is 6.09. The van der Waals surface area contributed by atoms with E-state index in [0.717, 1.165) is 0 Å². The molecule has 0 aliphatic carbocycles. The van der Waals surface area contributed by atoms with Crippen LogP contribution in [0.1, 0.15) is 18.6 Å². The van der Waals surface area contributed by atoms with Gasteiger partial charge in [-0.25, -0.2) is 9.78 Å². The van der Waals surface area contributed by atoms with Crippen molar-refractivity contribution in [2.75, 3.05) is 13.7 Å². The predicted molar refractivity (Wildman–Crippen MR) is 117 cm³/mol. The highest BCUT2D eigenvalue weighted by Crippen LogP contribution is 2.37. The van der Waals surface area contributed by atoms with Crippen LogP contribution < -0.4 is 9.47 Å². The number of benzene rings is 3. The topological polar surface area (TPSA) is 70.8 Å². The van der Waals surface area contributed by atoms with Crippen LogP contribution in [0.5, 0.6) is 11.5 Å². The fourth-order valence-electron chi connectivity index (χ4n) is 3.16. The third-order valence-corrected chi connectivity index (χ3v) is 4.84. The smallest absolute Gasteiger partial charge is 0.352 e. The fraction of sp³-hybridized carbons (Fsp3) is 0.167. The van der Waals surface area contributed by atoms with Gasteiger partial charge < -0.3 is 18.6 Å². The van der Waals surface area contributed by atoms with Crippen molar-refractivity contribution in [3.63, 3.8) is 0 Å². The number of carbonyl (C=O) groups is 1. The molecule has 4 aromatic rings. The van der Waals surface area contributed by atoms with E-state index in [1.165, 1.54) is 0 Å². The minimum Gasteiger partial charge on any atom is -0.497 e. The molecular formula is C24H20ClNO5. The third-order valence-electron chi connectivity index (χ3n) is 4.61. The summed E-state index contributed by atoms with van der Waals surface area (Å²) in [7, 11) is 1.57. The summed E-state index contributed by atoms with van der Waals surface area (Å²) < 4.78 is 22.7. The SMILES string of the molecule is CCOC(=O)C(Oc1ccc(OC)cc1-c1nc2ccccc2o1)c1cccc(Cl)c1. The maximum absolute atomic E-state index is 12.7. The van der Waals surface area contributed by atoms with Crippen LogP contribution in [-0.4, -0.2) is 24.7 Å². The molecule has 0 N–H and O–H groups in total. The van der Waals surface area contributed by atoms with Crippen LogP contribution in [0.2, 0.25) is 5.02 Å². The molecule has 0 saturated carbocycles. The van der Waals surface area contributed by atoms with Crippen molar-refractivity contribution in [2.45, 2.75) is 13.0 Å². The Morgan fingerprint density at radius 3 is 2.68 bits per heavy atom. The van der Waals surface area contributed by atoms with Crippen molar-refractivity contribution in [1.82, 2.24) is 4.98 Å². The highest BCUT2D eigenvalue weighted by Gasteiger charge is 2.27. The van der Waals surface area contributed by atoms with E-state index in [2.05, 4.69) is 4.98 Å². The number of hydrogen-bond acceptors (Lipinski definition) is 6. The zero-order chi connectivity index (χ0) is 21.8. The van der Waals surface area contributed by atoms with Gasteiger partial charge in [0.25, 0.3) is 0 Å². The number of carbonyl (C=O) groups excluding carboxylic acids is 1. The second-order valence-electron chi connectivity index (χ2n) is 6.65. The first-order valence-corrected chi connectivity index (χ1v) is 10.1. The van der Waals surface area contributed by atoms with Crippen molar-refractivity contribution in [3.8, 4) is 23.0 Å². The Morgan fingerprint density at radius 1 is 1.10 bits per heavy atom. The minimum atomic E-state index is -1.02. The highest BCUT2D eigenvalue weighted by molar-refractivity contribution is 6.30. The Hall–Kier alpha value is -3.51. The number of para-hydroxylation sites is 2. The standard InChI is InChI=1S/C24H20ClNO5/c1-3-29-24(27)22(15-7-6-8-16(25)13-15)30-20-12-11-17(28-2)14-18(20)23-26-19-9-4-5-10-21(19)31-23/h4-14,22H,3H2,1-2H3. The molecule has 0 fully saturated rings. The molecule has 0 saturated heterocycles. The van der Waals surface area contributed by atoms with E-state index in [4.69, 9.17) is 30.2 Å². The van der Waals surface area contributed by atoms with Gasteiger partial charge in [-0.3, -0.25) is 0 Å². The molecule has 1 atom stereocenters. The molecule has 6 nitrogen and oxygen atoms in total. The minimum absolute atomic E-state index is 0.222. The molecule has 0 aliphatic heterocycles. The molecule has 1 unspecified atom stereocenters. The molecule has 31 heavy (non-hydrogen) atoms. The van der Waals surface area contributed by atoms with Crippen LogP contribution in [-0.2, 0) is 9.53 Å². The van der Waals surface area contributed by atoms with E-state index in [9.17, 15) is 4.79 Å². The fourth-order valence-corrected chi connectivity index (χ4v) is 3.36. The van der Waals surface area contributed by atoms with Gasteiger partial charge in [-0.05, 0) is 49.4 Å². The summed E-state index contributed by atoms with van der Waals surface area (Å²) in [6.07, 6.45) is -1.02. The molecular weight excluding hydrogens is 418 g/mol. The molecule has 1 heterocycles. The van der Waals surface area contributed by atoms with E-state index in [1.807, 2.05) is 24.3 Å². The predicted octanol–water partition coefficient (Wildman–Crippen LogP) is 5.84. The zero-order valence-corrected chi connectivity index (χ0v) is 17.8. The van der Waals surface area contributed by atoms with Crippen LogP contribution in [0.15, 0.2) is 71.1 Å². The Bertz CT molecular complexity index is 1190. The number of esters is 1. The average molecular weight is 438 g/mol. The molecule has 0 radical (unpaired) electrons. The molecule has 0 bridgehead atoms. The van der Waals surface area contributed by atoms with Gasteiger partial charge in [-0.2, -0.15) is 0 Å². The van der Waals surface area contributed by atoms with Crippen LogP contribution in [0.3, 0.4) is 0 Å². The Morgan fingerprint density at radius 2 is 1.94 bits per heavy atom. The van der Waals surface area contributed by atoms with E-state index >= 15 is 0 Å². The van der Waals surface area contributed by atoms with Crippen LogP contribution in [0, 0.1) is 0 Å². The van der Waals surface area contributed by atoms with Gasteiger partial charge in [-0.15, -0.1) is 0 Å². The van der Waals surface area contributed by atoms with Gasteiger partial charge in [-0.1, -0.05) is 35.9 Å². The summed E-state index contributed by atoms with van der Waals surface area (Å²) in [5.74, 6) is 0.818. The van der Waals surface area contributed by atoms with Gasteiger partial charge in [0.15, 0.2) is 5.58 Å². The molecule has 0 spiro atoms. The number of ether oxygens (including phenoxy) is 3. The number of fused-ring (bicyclic) bond motifs is 1. The number of hydrogen-bond donors (Lipinski definition) is 0. The summed E-state index contributed by atoms with van der Waals surface area (Å²) in [6.45, 7) is 1.96. The summed E-state index contributed by atoms with van der Waals surface area (Å²) in [6, 6.07) is 19.6. The lowest BCUT2D eigenvalue weighted by Crippen LogP contribution is -2.21.